The molecule has 70 valence electrons. The van der Waals surface area contributed by atoms with E-state index in [1.165, 1.54) is 11.9 Å². The normalized spacial score (nSPS) is 10.7. The Hall–Kier alpha value is -1.40. The third-order valence-corrected chi connectivity index (χ3v) is 2.00. The Bertz CT molecular complexity index is 401. The molecule has 2 nitrogen and oxygen atoms in total. The number of aliphatic hydroxyl groups excluding tert-OH is 1. The molecule has 0 saturated carbocycles. The molecule has 0 aromatic heterocycles. The van der Waals surface area contributed by atoms with Gasteiger partial charge in [0.1, 0.15) is 0 Å². The van der Waals surface area contributed by atoms with E-state index in [4.69, 9.17) is 0 Å². The third kappa shape index (κ3) is 3.15. The Kier molecular flexibility index (Phi) is 4.09. The number of hydrogen-bond donors (Lipinski definition) is 1. The Morgan fingerprint density at radius 3 is 2.57 bits per heavy atom. The average Bonchev–Trinajstić information content (AvgIpc) is 2.19. The van der Waals surface area contributed by atoms with E-state index in [9.17, 15) is 9.90 Å². The number of ketones is 1. The van der Waals surface area contributed by atoms with Crippen LogP contribution in [0.1, 0.15) is 5.56 Å². The second kappa shape index (κ2) is 5.36. The number of hydrogen-bond acceptors (Lipinski definition) is 2. The Morgan fingerprint density at radius 2 is 2.00 bits per heavy atom. The van der Waals surface area contributed by atoms with Gasteiger partial charge in [-0.05, 0) is 0 Å². The van der Waals surface area contributed by atoms with Gasteiger partial charge in [0.25, 0.3) is 0 Å². The monoisotopic (exact) mass is 205 g/mol. The van der Waals surface area contributed by atoms with Crippen LogP contribution in [0.15, 0.2) is 36.4 Å². The van der Waals surface area contributed by atoms with Crippen LogP contribution in [0, 0.1) is 0 Å². The maximum atomic E-state index is 11.1. The van der Waals surface area contributed by atoms with Crippen molar-refractivity contribution in [1.82, 2.24) is 0 Å². The molecule has 3 heteroatoms. The fraction of sp³-hybridized carbons (Fsp3) is 0. The Morgan fingerprint density at radius 1 is 1.36 bits per heavy atom. The fourth-order valence-corrected chi connectivity index (χ4v) is 1.21. The number of carbonyl (C=O) groups is 1. The summed E-state index contributed by atoms with van der Waals surface area (Å²) in [6, 6.07) is 8.92. The van der Waals surface area contributed by atoms with Gasteiger partial charge >= 0.3 is 83.3 Å². The Balaban J connectivity index is 2.90. The quantitative estimate of drug-likeness (QED) is 0.467. The minimum absolute atomic E-state index is 0.0181. The van der Waals surface area contributed by atoms with Gasteiger partial charge in [-0.25, -0.2) is 0 Å². The van der Waals surface area contributed by atoms with Gasteiger partial charge < -0.3 is 0 Å². The van der Waals surface area contributed by atoms with Crippen LogP contribution in [0.2, 0.25) is 0 Å². The first kappa shape index (κ1) is 10.7. The van der Waals surface area contributed by atoms with Gasteiger partial charge in [0.05, 0.1) is 0 Å². The summed E-state index contributed by atoms with van der Waals surface area (Å²) < 4.78 is 0. The number of allylic oxidation sites excluding steroid dienone is 1. The molecule has 0 amide bonds. The van der Waals surface area contributed by atoms with Crippen molar-refractivity contribution in [3.63, 3.8) is 0 Å². The minimum atomic E-state index is -0.233. The first-order valence-corrected chi connectivity index (χ1v) is 5.18. The molecule has 0 aliphatic carbocycles. The number of carbonyl (C=O) groups excluding carboxylic acids is 1. The topological polar surface area (TPSA) is 37.3 Å². The van der Waals surface area contributed by atoms with Gasteiger partial charge in [0.2, 0.25) is 0 Å². The molecule has 1 aromatic carbocycles. The van der Waals surface area contributed by atoms with Crippen molar-refractivity contribution in [3.05, 3.63) is 42.0 Å². The molecule has 0 bridgehead atoms. The molecule has 0 radical (unpaired) electrons. The molecule has 0 fully saturated rings. The summed E-state index contributed by atoms with van der Waals surface area (Å²) in [6.45, 7) is 0. The maximum absolute atomic E-state index is 11.1. The van der Waals surface area contributed by atoms with E-state index in [1.54, 1.807) is 24.3 Å². The van der Waals surface area contributed by atoms with E-state index < -0.39 is 0 Å². The fourth-order valence-electron chi connectivity index (χ4n) is 0.954. The van der Waals surface area contributed by atoms with Crippen molar-refractivity contribution in [2.75, 3.05) is 0 Å². The standard InChI is InChI=1S/C11H9O2P/c1-14-8-10(12)7-11(13)9-5-3-2-4-6-9/h2-8H,1H2/p+1. The van der Waals surface area contributed by atoms with E-state index in [0.29, 0.717) is 13.4 Å². The van der Waals surface area contributed by atoms with Crippen LogP contribution in [0.3, 0.4) is 0 Å². The average molecular weight is 205 g/mol. The number of rotatable bonds is 3. The van der Waals surface area contributed by atoms with Gasteiger partial charge in [-0.3, -0.25) is 0 Å². The SMILES string of the molecule is C=[P+]=CC(=O)/C=C(\O)c1ccccc1. The summed E-state index contributed by atoms with van der Waals surface area (Å²) >= 11 is 0. The van der Waals surface area contributed by atoms with Gasteiger partial charge in [-0.15, -0.1) is 0 Å². The van der Waals surface area contributed by atoms with Crippen LogP contribution in [-0.2, 0) is 4.79 Å². The molecule has 1 rings (SSSR count). The van der Waals surface area contributed by atoms with Crippen molar-refractivity contribution in [3.8, 4) is 0 Å². The summed E-state index contributed by atoms with van der Waals surface area (Å²) in [5.74, 6) is 1.14. The van der Waals surface area contributed by atoms with Crippen LogP contribution in [0.5, 0.6) is 0 Å². The van der Waals surface area contributed by atoms with Crippen molar-refractivity contribution in [2.45, 2.75) is 0 Å². The molecule has 0 atom stereocenters. The number of aliphatic hydroxyl groups is 1. The van der Waals surface area contributed by atoms with Crippen molar-refractivity contribution < 1.29 is 9.90 Å². The molecule has 1 aromatic rings. The van der Waals surface area contributed by atoms with Crippen LogP contribution in [-0.4, -0.2) is 23.0 Å². The molecule has 0 aliphatic heterocycles. The van der Waals surface area contributed by atoms with Gasteiger partial charge in [-0.1, -0.05) is 0 Å². The van der Waals surface area contributed by atoms with E-state index in [0.717, 1.165) is 0 Å². The van der Waals surface area contributed by atoms with E-state index in [2.05, 4.69) is 6.30 Å². The van der Waals surface area contributed by atoms with Crippen LogP contribution in [0.4, 0.5) is 0 Å². The summed E-state index contributed by atoms with van der Waals surface area (Å²) in [7, 11) is 0.641. The molecule has 1 N–H and O–H groups in total. The van der Waals surface area contributed by atoms with E-state index >= 15 is 0 Å². The summed E-state index contributed by atoms with van der Waals surface area (Å²) in [5, 5.41) is 9.51. The number of benzene rings is 1. The van der Waals surface area contributed by atoms with Crippen molar-refractivity contribution in [2.24, 2.45) is 0 Å². The molecule has 0 aliphatic rings. The van der Waals surface area contributed by atoms with Gasteiger partial charge in [-0.2, -0.15) is 0 Å². The third-order valence-electron chi connectivity index (χ3n) is 1.57. The van der Waals surface area contributed by atoms with E-state index in [1.807, 2.05) is 6.07 Å². The molecule has 0 heterocycles. The van der Waals surface area contributed by atoms with Crippen LogP contribution >= 0.6 is 7.83 Å². The predicted octanol–water partition coefficient (Wildman–Crippen LogP) is 2.33. The predicted molar refractivity (Wildman–Crippen MR) is 62.2 cm³/mol. The zero-order chi connectivity index (χ0) is 10.4. The summed E-state index contributed by atoms with van der Waals surface area (Å²) in [6.07, 6.45) is 4.68. The molecular formula is C11H10O2P+. The summed E-state index contributed by atoms with van der Waals surface area (Å²) in [4.78, 5) is 11.1. The van der Waals surface area contributed by atoms with Crippen molar-refractivity contribution >= 4 is 31.5 Å². The molecule has 0 saturated heterocycles. The first-order chi connectivity index (χ1) is 6.74. The molecule has 0 unspecified atom stereocenters. The van der Waals surface area contributed by atoms with Gasteiger partial charge in [0.15, 0.2) is 0 Å². The first-order valence-electron chi connectivity index (χ1n) is 4.03. The molecule has 0 spiro atoms. The van der Waals surface area contributed by atoms with Crippen LogP contribution < -0.4 is 0 Å². The second-order valence-corrected chi connectivity index (χ2v) is 3.23. The summed E-state index contributed by atoms with van der Waals surface area (Å²) in [5.41, 5.74) is 0.634. The van der Waals surface area contributed by atoms with Gasteiger partial charge in [0, 0.05) is 0 Å². The zero-order valence-electron chi connectivity index (χ0n) is 7.55. The van der Waals surface area contributed by atoms with E-state index in [-0.39, 0.29) is 11.5 Å². The van der Waals surface area contributed by atoms with Crippen LogP contribution in [0.25, 0.3) is 5.76 Å². The zero-order valence-corrected chi connectivity index (χ0v) is 8.45. The second-order valence-electron chi connectivity index (χ2n) is 2.61. The Labute approximate surface area is 84.0 Å². The van der Waals surface area contributed by atoms with Crippen molar-refractivity contribution in [1.29, 1.82) is 0 Å². The molecular weight excluding hydrogens is 195 g/mol. The molecule has 14 heavy (non-hydrogen) atoms.